The van der Waals surface area contributed by atoms with Crippen LogP contribution in [0, 0.1) is 34.6 Å². The zero-order valence-corrected chi connectivity index (χ0v) is 17.4. The summed E-state index contributed by atoms with van der Waals surface area (Å²) in [6, 6.07) is 8.66. The third-order valence-corrected chi connectivity index (χ3v) is 3.95. The van der Waals surface area contributed by atoms with Gasteiger partial charge in [0.05, 0.1) is 0 Å². The summed E-state index contributed by atoms with van der Waals surface area (Å²) < 4.78 is 11.3. The van der Waals surface area contributed by atoms with E-state index in [9.17, 15) is 9.18 Å². The fraction of sp³-hybridized carbons (Fsp3) is 0.391. The van der Waals surface area contributed by atoms with Crippen molar-refractivity contribution in [2.24, 2.45) is 0 Å². The van der Waals surface area contributed by atoms with E-state index in [1.165, 1.54) is 27.8 Å². The highest BCUT2D eigenvalue weighted by Gasteiger charge is 2.04. The van der Waals surface area contributed by atoms with Gasteiger partial charge in [0.15, 0.2) is 11.6 Å². The number of rotatable bonds is 2. The number of carbonyl (C=O) groups excluding carboxylic acids is 1. The Bertz CT molecular complexity index is 698. The SMILES string of the molecule is C=C(F)C(C)=O.Cc1cc(C)c(C(C)C)cc1C.Cc1ccc(C)nc1. The molecular formula is C23H32FNO. The van der Waals surface area contributed by atoms with Crippen molar-refractivity contribution in [2.75, 3.05) is 0 Å². The zero-order valence-electron chi connectivity index (χ0n) is 17.4. The molecule has 0 atom stereocenters. The van der Waals surface area contributed by atoms with Gasteiger partial charge in [0.2, 0.25) is 0 Å². The molecule has 1 aromatic heterocycles. The van der Waals surface area contributed by atoms with Crippen molar-refractivity contribution in [3.05, 3.63) is 76.4 Å². The lowest BCUT2D eigenvalue weighted by Crippen LogP contribution is -1.94. The largest absolute Gasteiger partial charge is 0.292 e. The van der Waals surface area contributed by atoms with Crippen molar-refractivity contribution >= 4 is 5.78 Å². The van der Waals surface area contributed by atoms with Gasteiger partial charge in [-0.1, -0.05) is 38.6 Å². The number of hydrogen-bond acceptors (Lipinski definition) is 2. The summed E-state index contributed by atoms with van der Waals surface area (Å²) >= 11 is 0. The number of aryl methyl sites for hydroxylation is 5. The molecule has 0 unspecified atom stereocenters. The average molecular weight is 358 g/mol. The predicted molar refractivity (Wildman–Crippen MR) is 109 cm³/mol. The second-order valence-electron chi connectivity index (χ2n) is 6.89. The molecule has 1 aromatic carbocycles. The molecule has 0 aliphatic carbocycles. The number of carbonyl (C=O) groups is 1. The minimum absolute atomic E-state index is 0.602. The molecule has 0 bridgehead atoms. The number of allylic oxidation sites excluding steroid dienone is 1. The quantitative estimate of drug-likeness (QED) is 0.575. The Morgan fingerprint density at radius 2 is 1.50 bits per heavy atom. The van der Waals surface area contributed by atoms with Gasteiger partial charge in [0.25, 0.3) is 0 Å². The maximum absolute atomic E-state index is 11.3. The summed E-state index contributed by atoms with van der Waals surface area (Å²) in [5.41, 5.74) is 8.01. The van der Waals surface area contributed by atoms with Gasteiger partial charge in [-0.05, 0) is 74.4 Å². The molecule has 142 valence electrons. The van der Waals surface area contributed by atoms with E-state index in [-0.39, 0.29) is 0 Å². The van der Waals surface area contributed by atoms with Gasteiger partial charge >= 0.3 is 0 Å². The van der Waals surface area contributed by atoms with Crippen LogP contribution in [0.3, 0.4) is 0 Å². The number of nitrogens with zero attached hydrogens (tertiary/aromatic N) is 1. The van der Waals surface area contributed by atoms with Crippen LogP contribution in [0.15, 0.2) is 42.9 Å². The van der Waals surface area contributed by atoms with Crippen LogP contribution in [-0.4, -0.2) is 10.8 Å². The monoisotopic (exact) mass is 357 g/mol. The maximum atomic E-state index is 11.3. The highest BCUT2D eigenvalue weighted by Crippen LogP contribution is 2.22. The molecule has 1 heterocycles. The van der Waals surface area contributed by atoms with Crippen molar-refractivity contribution in [3.8, 4) is 0 Å². The third kappa shape index (κ3) is 9.26. The first-order valence-corrected chi connectivity index (χ1v) is 8.78. The van der Waals surface area contributed by atoms with Crippen LogP contribution < -0.4 is 0 Å². The first-order valence-electron chi connectivity index (χ1n) is 8.78. The summed E-state index contributed by atoms with van der Waals surface area (Å²) in [5, 5.41) is 0. The van der Waals surface area contributed by atoms with Crippen molar-refractivity contribution in [3.63, 3.8) is 0 Å². The van der Waals surface area contributed by atoms with Gasteiger partial charge in [-0.2, -0.15) is 0 Å². The van der Waals surface area contributed by atoms with E-state index in [1.54, 1.807) is 0 Å². The fourth-order valence-electron chi connectivity index (χ4n) is 2.15. The lowest BCUT2D eigenvalue weighted by atomic mass is 9.94. The molecule has 3 heteroatoms. The van der Waals surface area contributed by atoms with Gasteiger partial charge in [-0.3, -0.25) is 9.78 Å². The van der Waals surface area contributed by atoms with E-state index in [4.69, 9.17) is 0 Å². The summed E-state index contributed by atoms with van der Waals surface area (Å²) in [6.45, 7) is 18.9. The Morgan fingerprint density at radius 3 is 1.85 bits per heavy atom. The highest BCUT2D eigenvalue weighted by molar-refractivity contribution is 5.90. The zero-order chi connectivity index (χ0) is 20.4. The molecule has 2 aromatic rings. The second-order valence-corrected chi connectivity index (χ2v) is 6.89. The fourth-order valence-corrected chi connectivity index (χ4v) is 2.15. The molecule has 0 spiro atoms. The summed E-state index contributed by atoms with van der Waals surface area (Å²) in [5.74, 6) is -0.839. The van der Waals surface area contributed by atoms with E-state index in [2.05, 4.69) is 64.4 Å². The summed E-state index contributed by atoms with van der Waals surface area (Å²) in [6.07, 6.45) is 1.87. The lowest BCUT2D eigenvalue weighted by Gasteiger charge is -2.12. The molecule has 0 N–H and O–H groups in total. The Balaban J connectivity index is 0.000000388. The maximum Gasteiger partial charge on any atom is 0.187 e. The van der Waals surface area contributed by atoms with E-state index in [0.717, 1.165) is 12.6 Å². The van der Waals surface area contributed by atoms with Crippen LogP contribution >= 0.6 is 0 Å². The van der Waals surface area contributed by atoms with Gasteiger partial charge < -0.3 is 0 Å². The van der Waals surface area contributed by atoms with Crippen LogP contribution in [-0.2, 0) is 4.79 Å². The molecule has 0 radical (unpaired) electrons. The molecule has 0 amide bonds. The third-order valence-electron chi connectivity index (χ3n) is 3.95. The Morgan fingerprint density at radius 1 is 1.00 bits per heavy atom. The second kappa shape index (κ2) is 11.3. The van der Waals surface area contributed by atoms with Gasteiger partial charge in [0.1, 0.15) is 0 Å². The highest BCUT2D eigenvalue weighted by atomic mass is 19.1. The Labute approximate surface area is 158 Å². The van der Waals surface area contributed by atoms with Crippen LogP contribution in [0.25, 0.3) is 0 Å². The van der Waals surface area contributed by atoms with Crippen molar-refractivity contribution < 1.29 is 9.18 Å². The molecule has 2 nitrogen and oxygen atoms in total. The first-order chi connectivity index (χ1) is 12.0. The predicted octanol–water partition coefficient (Wildman–Crippen LogP) is 6.49. The minimum Gasteiger partial charge on any atom is -0.292 e. The van der Waals surface area contributed by atoms with Gasteiger partial charge in [0, 0.05) is 18.8 Å². The van der Waals surface area contributed by atoms with Crippen molar-refractivity contribution in [1.29, 1.82) is 0 Å². The molecule has 0 saturated heterocycles. The van der Waals surface area contributed by atoms with Crippen molar-refractivity contribution in [2.45, 2.75) is 61.3 Å². The van der Waals surface area contributed by atoms with Crippen molar-refractivity contribution in [1.82, 2.24) is 4.98 Å². The van der Waals surface area contributed by atoms with Crippen LogP contribution in [0.5, 0.6) is 0 Å². The summed E-state index contributed by atoms with van der Waals surface area (Å²) in [7, 11) is 0. The van der Waals surface area contributed by atoms with Crippen LogP contribution in [0.2, 0.25) is 0 Å². The molecule has 0 aliphatic heterocycles. The first kappa shape index (κ1) is 23.7. The number of pyridine rings is 1. The van der Waals surface area contributed by atoms with E-state index < -0.39 is 11.6 Å². The van der Waals surface area contributed by atoms with Crippen LogP contribution in [0.4, 0.5) is 4.39 Å². The van der Waals surface area contributed by atoms with Gasteiger partial charge in [-0.25, -0.2) is 4.39 Å². The Hall–Kier alpha value is -2.29. The standard InChI is InChI=1S/C12H18.C7H9N.C4H5FO/c1-8(2)12-7-10(4)9(3)6-11(12)5;1-6-3-4-7(2)8-5-6;1-3(5)4(2)6/h6-8H,1-5H3;3-5H,1-2H3;1H2,2H3. The lowest BCUT2D eigenvalue weighted by molar-refractivity contribution is -0.114. The summed E-state index contributed by atoms with van der Waals surface area (Å²) in [4.78, 5) is 13.7. The number of benzene rings is 1. The molecule has 0 fully saturated rings. The van der Waals surface area contributed by atoms with Gasteiger partial charge in [-0.15, -0.1) is 0 Å². The molecule has 0 aliphatic rings. The number of Topliss-reactive ketones (excluding diaryl/α,β-unsaturated/α-hetero) is 1. The van der Waals surface area contributed by atoms with E-state index in [0.29, 0.717) is 5.92 Å². The molecule has 26 heavy (non-hydrogen) atoms. The topological polar surface area (TPSA) is 30.0 Å². The van der Waals surface area contributed by atoms with E-state index in [1.807, 2.05) is 26.1 Å². The number of hydrogen-bond donors (Lipinski definition) is 0. The molecule has 0 saturated carbocycles. The molecular weight excluding hydrogens is 325 g/mol. The molecule has 2 rings (SSSR count). The smallest absolute Gasteiger partial charge is 0.187 e. The number of ketones is 1. The van der Waals surface area contributed by atoms with Crippen LogP contribution in [0.1, 0.15) is 60.2 Å². The number of halogens is 1. The average Bonchev–Trinajstić information content (AvgIpc) is 2.54. The van der Waals surface area contributed by atoms with E-state index >= 15 is 0 Å². The number of aromatic nitrogens is 1. The Kier molecular flexibility index (Phi) is 10.3. The minimum atomic E-state index is -0.880. The normalized spacial score (nSPS) is 9.62.